The summed E-state index contributed by atoms with van der Waals surface area (Å²) in [4.78, 5) is 47.3. The summed E-state index contributed by atoms with van der Waals surface area (Å²) in [6, 6.07) is -1.38. The highest BCUT2D eigenvalue weighted by Gasteiger charge is 2.19. The van der Waals surface area contributed by atoms with Gasteiger partial charge in [0.05, 0.1) is 13.2 Å². The fraction of sp³-hybridized carbons (Fsp3) is 0.846. The van der Waals surface area contributed by atoms with E-state index in [1.807, 2.05) is 0 Å². The summed E-state index contributed by atoms with van der Waals surface area (Å²) in [5.74, 6) is -2.31. The number of hydrogen-bond acceptors (Lipinski definition) is 6. The second kappa shape index (κ2) is 34.4. The van der Waals surface area contributed by atoms with E-state index in [1.165, 1.54) is 83.5 Å². The van der Waals surface area contributed by atoms with Gasteiger partial charge in [0, 0.05) is 12.8 Å². The normalized spacial score (nSPS) is 12.6. The van der Waals surface area contributed by atoms with E-state index in [0.717, 1.165) is 70.6 Å². The fourth-order valence-corrected chi connectivity index (χ4v) is 5.71. The molecule has 0 aromatic heterocycles. The Morgan fingerprint density at radius 1 is 0.604 bits per heavy atom. The predicted octanol–water partition coefficient (Wildman–Crippen LogP) is 8.70. The minimum absolute atomic E-state index is 0.0355. The van der Waals surface area contributed by atoms with Crippen molar-refractivity contribution in [1.29, 1.82) is 0 Å². The molecule has 9 heteroatoms. The number of amides is 2. The zero-order valence-electron chi connectivity index (χ0n) is 30.8. The van der Waals surface area contributed by atoms with Gasteiger partial charge in [-0.25, -0.2) is 4.79 Å². The van der Waals surface area contributed by atoms with E-state index in [-0.39, 0.29) is 24.5 Å². The van der Waals surface area contributed by atoms with Crippen LogP contribution in [-0.2, 0) is 23.9 Å². The Hall–Kier alpha value is -2.42. The van der Waals surface area contributed by atoms with Gasteiger partial charge in [0.2, 0.25) is 11.8 Å². The molecule has 0 bridgehead atoms. The number of rotatable bonds is 35. The minimum Gasteiger partial charge on any atom is -0.480 e. The zero-order valence-corrected chi connectivity index (χ0v) is 30.8. The number of carboxylic acid groups (broad SMARTS) is 1. The lowest BCUT2D eigenvalue weighted by molar-refractivity contribution is -0.150. The van der Waals surface area contributed by atoms with Crippen LogP contribution in [0.2, 0.25) is 0 Å². The van der Waals surface area contributed by atoms with Crippen molar-refractivity contribution < 1.29 is 34.1 Å². The average Bonchev–Trinajstić information content (AvgIpc) is 3.07. The summed E-state index contributed by atoms with van der Waals surface area (Å²) in [7, 11) is 0. The molecule has 4 N–H and O–H groups in total. The van der Waals surface area contributed by atoms with E-state index in [2.05, 4.69) is 36.6 Å². The number of ether oxygens (including phenoxy) is 1. The largest absolute Gasteiger partial charge is 0.480 e. The van der Waals surface area contributed by atoms with Crippen LogP contribution in [0.1, 0.15) is 187 Å². The highest BCUT2D eigenvalue weighted by molar-refractivity contribution is 5.87. The summed E-state index contributed by atoms with van der Waals surface area (Å²) >= 11 is 0. The molecule has 9 nitrogen and oxygen atoms in total. The quantitative estimate of drug-likeness (QED) is 0.0298. The van der Waals surface area contributed by atoms with Gasteiger partial charge in [-0.2, -0.15) is 0 Å². The predicted molar refractivity (Wildman–Crippen MR) is 195 cm³/mol. The smallest absolute Gasteiger partial charge is 0.328 e. The standard InChI is InChI=1S/C39H72N2O7/c1-3-5-7-9-11-12-13-14-15-16-18-20-24-28-34(48-38(45)31-27-23-17-10-8-6-4-2)29-25-21-19-22-26-30-36(43)40-32-37(44)41-35(33-42)39(46)47/h16,18,34-35,42H,3-15,17,19-33H2,1-2H3,(H,40,43)(H,41,44)(H,46,47)/b18-16-. The number of hydrogen-bond donors (Lipinski definition) is 4. The van der Waals surface area contributed by atoms with Gasteiger partial charge in [-0.15, -0.1) is 0 Å². The van der Waals surface area contributed by atoms with Crippen molar-refractivity contribution in [2.45, 2.75) is 199 Å². The number of carbonyl (C=O) groups is 4. The number of aliphatic hydroxyl groups excluding tert-OH is 1. The summed E-state index contributed by atoms with van der Waals surface area (Å²) in [5, 5.41) is 22.5. The van der Waals surface area contributed by atoms with Gasteiger partial charge in [0.1, 0.15) is 12.1 Å². The van der Waals surface area contributed by atoms with Gasteiger partial charge in [0.15, 0.2) is 0 Å². The van der Waals surface area contributed by atoms with Crippen molar-refractivity contribution >= 4 is 23.8 Å². The Labute approximate surface area is 292 Å². The summed E-state index contributed by atoms with van der Waals surface area (Å²) in [5.41, 5.74) is 0. The Bertz CT molecular complexity index is 833. The monoisotopic (exact) mass is 681 g/mol. The maximum absolute atomic E-state index is 12.6. The van der Waals surface area contributed by atoms with Crippen molar-refractivity contribution in [3.05, 3.63) is 12.2 Å². The number of unbranched alkanes of at least 4 members (excludes halogenated alkanes) is 19. The third-order valence-electron chi connectivity index (χ3n) is 8.76. The third kappa shape index (κ3) is 30.9. The summed E-state index contributed by atoms with van der Waals surface area (Å²) < 4.78 is 5.96. The first-order chi connectivity index (χ1) is 23.3. The Morgan fingerprint density at radius 3 is 1.65 bits per heavy atom. The molecule has 0 saturated carbocycles. The van der Waals surface area contributed by atoms with Gasteiger partial charge in [-0.3, -0.25) is 14.4 Å². The molecule has 48 heavy (non-hydrogen) atoms. The number of esters is 1. The van der Waals surface area contributed by atoms with Crippen molar-refractivity contribution in [2.24, 2.45) is 0 Å². The van der Waals surface area contributed by atoms with Crippen molar-refractivity contribution in [1.82, 2.24) is 10.6 Å². The molecule has 0 heterocycles. The number of carboxylic acids is 1. The number of nitrogens with one attached hydrogen (secondary N) is 2. The maximum Gasteiger partial charge on any atom is 0.328 e. The topological polar surface area (TPSA) is 142 Å². The van der Waals surface area contributed by atoms with Crippen LogP contribution >= 0.6 is 0 Å². The van der Waals surface area contributed by atoms with E-state index in [4.69, 9.17) is 14.9 Å². The molecule has 280 valence electrons. The van der Waals surface area contributed by atoms with Crippen molar-refractivity contribution in [3.63, 3.8) is 0 Å². The van der Waals surface area contributed by atoms with Crippen molar-refractivity contribution in [3.8, 4) is 0 Å². The van der Waals surface area contributed by atoms with Crippen LogP contribution in [-0.4, -0.2) is 59.3 Å². The molecule has 2 amide bonds. The van der Waals surface area contributed by atoms with Crippen LogP contribution in [0.25, 0.3) is 0 Å². The highest BCUT2D eigenvalue weighted by atomic mass is 16.5. The molecule has 0 aromatic rings. The first kappa shape index (κ1) is 45.6. The second-order valence-corrected chi connectivity index (χ2v) is 13.4. The van der Waals surface area contributed by atoms with Gasteiger partial charge in [-0.05, 0) is 57.8 Å². The van der Waals surface area contributed by atoms with Crippen LogP contribution in [0.3, 0.4) is 0 Å². The highest BCUT2D eigenvalue weighted by Crippen LogP contribution is 2.18. The minimum atomic E-state index is -1.38. The van der Waals surface area contributed by atoms with Gasteiger partial charge in [0.25, 0.3) is 0 Å². The molecular weight excluding hydrogens is 608 g/mol. The van der Waals surface area contributed by atoms with Gasteiger partial charge >= 0.3 is 11.9 Å². The Morgan fingerprint density at radius 2 is 1.08 bits per heavy atom. The molecule has 0 rings (SSSR count). The maximum atomic E-state index is 12.6. The SMILES string of the molecule is CCCCCCCCCC/C=C\CCCC(CCCCCCCC(=O)NCC(=O)NC(CO)C(=O)O)OC(=O)CCCCCCCCC. The molecule has 0 aliphatic carbocycles. The summed E-state index contributed by atoms with van der Waals surface area (Å²) in [6.45, 7) is 3.44. The van der Waals surface area contributed by atoms with Crippen LogP contribution in [0.15, 0.2) is 12.2 Å². The van der Waals surface area contributed by atoms with E-state index >= 15 is 0 Å². The molecule has 2 atom stereocenters. The van der Waals surface area contributed by atoms with E-state index in [0.29, 0.717) is 19.3 Å². The molecule has 0 aromatic carbocycles. The lowest BCUT2D eigenvalue weighted by Gasteiger charge is -2.18. The van der Waals surface area contributed by atoms with Gasteiger partial charge in [-0.1, -0.05) is 129 Å². The number of allylic oxidation sites excluding steroid dienone is 2. The molecule has 0 spiro atoms. The Balaban J connectivity index is 4.29. The average molecular weight is 681 g/mol. The van der Waals surface area contributed by atoms with E-state index in [9.17, 15) is 19.2 Å². The van der Waals surface area contributed by atoms with Crippen LogP contribution < -0.4 is 10.6 Å². The van der Waals surface area contributed by atoms with Crippen LogP contribution in [0, 0.1) is 0 Å². The van der Waals surface area contributed by atoms with Crippen molar-refractivity contribution in [2.75, 3.05) is 13.2 Å². The molecule has 0 aliphatic rings. The molecule has 0 aliphatic heterocycles. The van der Waals surface area contributed by atoms with E-state index < -0.39 is 24.5 Å². The number of aliphatic hydroxyl groups is 1. The van der Waals surface area contributed by atoms with E-state index in [1.54, 1.807) is 0 Å². The molecule has 0 fully saturated rings. The third-order valence-corrected chi connectivity index (χ3v) is 8.76. The first-order valence-electron chi connectivity index (χ1n) is 19.6. The summed E-state index contributed by atoms with van der Waals surface area (Å²) in [6.07, 6.45) is 33.9. The molecular formula is C39H72N2O7. The van der Waals surface area contributed by atoms with Gasteiger partial charge < -0.3 is 25.6 Å². The number of carbonyl (C=O) groups excluding carboxylic acids is 3. The fourth-order valence-electron chi connectivity index (χ4n) is 5.71. The van der Waals surface area contributed by atoms with Crippen LogP contribution in [0.4, 0.5) is 0 Å². The molecule has 0 saturated heterocycles. The first-order valence-corrected chi connectivity index (χ1v) is 19.6. The molecule has 2 unspecified atom stereocenters. The van der Waals surface area contributed by atoms with Crippen LogP contribution in [0.5, 0.6) is 0 Å². The second-order valence-electron chi connectivity index (χ2n) is 13.4. The lowest BCUT2D eigenvalue weighted by Crippen LogP contribution is -2.47. The lowest BCUT2D eigenvalue weighted by atomic mass is 10.0. The zero-order chi connectivity index (χ0) is 35.5. The number of aliphatic carboxylic acids is 1. The Kier molecular flexibility index (Phi) is 32.7. The molecule has 0 radical (unpaired) electrons.